The molecule has 2 aromatic rings. The average Bonchev–Trinajstić information content (AvgIpc) is 2.39. The Balaban J connectivity index is 2.13. The number of rotatable bonds is 3. The minimum Gasteiger partial charge on any atom is -0.398 e. The lowest BCUT2D eigenvalue weighted by Gasteiger charge is -2.15. The molecule has 0 aromatic heterocycles. The first-order valence-corrected chi connectivity index (χ1v) is 6.78. The van der Waals surface area contributed by atoms with Gasteiger partial charge in [-0.05, 0) is 30.7 Å². The molecule has 3 nitrogen and oxygen atoms in total. The zero-order valence-corrected chi connectivity index (χ0v) is 12.1. The Morgan fingerprint density at radius 3 is 2.53 bits per heavy atom. The zero-order chi connectivity index (χ0) is 13.8. The van der Waals surface area contributed by atoms with Crippen LogP contribution in [0.3, 0.4) is 0 Å². The second-order valence-corrected chi connectivity index (χ2v) is 5.25. The fraction of sp³-hybridized carbons (Fsp3) is 0.133. The largest absolute Gasteiger partial charge is 0.398 e. The Labute approximate surface area is 121 Å². The highest BCUT2D eigenvalue weighted by Gasteiger charge is 2.13. The summed E-state index contributed by atoms with van der Waals surface area (Å²) < 4.78 is 0.859. The molecular formula is C15H15BrN2O. The van der Waals surface area contributed by atoms with Crippen molar-refractivity contribution in [3.63, 3.8) is 0 Å². The molecule has 0 radical (unpaired) electrons. The maximum Gasteiger partial charge on any atom is 0.253 e. The molecule has 0 aliphatic heterocycles. The molecule has 4 heteroatoms. The molecule has 1 atom stereocenters. The molecule has 0 saturated carbocycles. The van der Waals surface area contributed by atoms with Crippen molar-refractivity contribution < 1.29 is 4.79 Å². The number of carbonyl (C=O) groups excluding carboxylic acids is 1. The van der Waals surface area contributed by atoms with E-state index in [2.05, 4.69) is 21.2 Å². The molecule has 1 amide bonds. The molecular weight excluding hydrogens is 304 g/mol. The fourth-order valence-corrected chi connectivity index (χ4v) is 2.22. The highest BCUT2D eigenvalue weighted by molar-refractivity contribution is 9.10. The third kappa shape index (κ3) is 3.35. The van der Waals surface area contributed by atoms with E-state index >= 15 is 0 Å². The molecule has 19 heavy (non-hydrogen) atoms. The second-order valence-electron chi connectivity index (χ2n) is 4.34. The number of benzene rings is 2. The van der Waals surface area contributed by atoms with Gasteiger partial charge in [-0.1, -0.05) is 46.3 Å². The quantitative estimate of drug-likeness (QED) is 0.851. The van der Waals surface area contributed by atoms with E-state index in [0.717, 1.165) is 10.0 Å². The highest BCUT2D eigenvalue weighted by atomic mass is 79.9. The lowest BCUT2D eigenvalue weighted by molar-refractivity contribution is 0.0941. The van der Waals surface area contributed by atoms with Crippen LogP contribution in [0.5, 0.6) is 0 Å². The molecule has 1 unspecified atom stereocenters. The van der Waals surface area contributed by atoms with Crippen molar-refractivity contribution in [2.75, 3.05) is 5.73 Å². The molecule has 0 aliphatic carbocycles. The van der Waals surface area contributed by atoms with Crippen molar-refractivity contribution in [2.45, 2.75) is 13.0 Å². The number of nitrogen functional groups attached to an aromatic ring is 1. The summed E-state index contributed by atoms with van der Waals surface area (Å²) in [5.74, 6) is -0.165. The molecule has 2 rings (SSSR count). The molecule has 98 valence electrons. The van der Waals surface area contributed by atoms with E-state index in [9.17, 15) is 4.79 Å². The van der Waals surface area contributed by atoms with E-state index in [4.69, 9.17) is 5.73 Å². The Hall–Kier alpha value is -1.81. The molecule has 0 fully saturated rings. The maximum atomic E-state index is 12.2. The van der Waals surface area contributed by atoms with Crippen LogP contribution < -0.4 is 11.1 Å². The van der Waals surface area contributed by atoms with Gasteiger partial charge in [0.05, 0.1) is 11.6 Å². The summed E-state index contributed by atoms with van der Waals surface area (Å²) >= 11 is 3.32. The van der Waals surface area contributed by atoms with Gasteiger partial charge in [0.15, 0.2) is 0 Å². The summed E-state index contributed by atoms with van der Waals surface area (Å²) in [7, 11) is 0. The van der Waals surface area contributed by atoms with Crippen LogP contribution in [-0.2, 0) is 0 Å². The van der Waals surface area contributed by atoms with Crippen molar-refractivity contribution in [2.24, 2.45) is 0 Å². The molecule has 0 bridgehead atoms. The molecule has 2 aromatic carbocycles. The predicted octanol–water partition coefficient (Wildman–Crippen LogP) is 3.52. The summed E-state index contributed by atoms with van der Waals surface area (Å²) in [5, 5.41) is 2.94. The molecule has 0 spiro atoms. The van der Waals surface area contributed by atoms with Crippen LogP contribution in [0.1, 0.15) is 28.9 Å². The van der Waals surface area contributed by atoms with Gasteiger partial charge >= 0.3 is 0 Å². The molecule has 0 aliphatic rings. The smallest absolute Gasteiger partial charge is 0.253 e. The third-order valence-electron chi connectivity index (χ3n) is 2.91. The van der Waals surface area contributed by atoms with Crippen molar-refractivity contribution in [1.82, 2.24) is 5.32 Å². The lowest BCUT2D eigenvalue weighted by Crippen LogP contribution is -2.27. The first-order valence-electron chi connectivity index (χ1n) is 5.99. The number of hydrogen-bond donors (Lipinski definition) is 2. The van der Waals surface area contributed by atoms with Gasteiger partial charge in [0.25, 0.3) is 5.91 Å². The van der Waals surface area contributed by atoms with Gasteiger partial charge in [-0.15, -0.1) is 0 Å². The van der Waals surface area contributed by atoms with Gasteiger partial charge in [0.2, 0.25) is 0 Å². The number of amides is 1. The van der Waals surface area contributed by atoms with E-state index < -0.39 is 0 Å². The Kier molecular flexibility index (Phi) is 4.22. The Morgan fingerprint density at radius 2 is 1.89 bits per heavy atom. The van der Waals surface area contributed by atoms with Crippen molar-refractivity contribution in [3.8, 4) is 0 Å². The van der Waals surface area contributed by atoms with Crippen molar-refractivity contribution >= 4 is 27.5 Å². The van der Waals surface area contributed by atoms with Gasteiger partial charge in [-0.25, -0.2) is 0 Å². The maximum absolute atomic E-state index is 12.2. The summed E-state index contributed by atoms with van der Waals surface area (Å²) in [6.07, 6.45) is 0. The summed E-state index contributed by atoms with van der Waals surface area (Å²) in [4.78, 5) is 12.2. The van der Waals surface area contributed by atoms with E-state index in [1.54, 1.807) is 18.2 Å². The van der Waals surface area contributed by atoms with E-state index in [1.165, 1.54) is 0 Å². The van der Waals surface area contributed by atoms with Crippen LogP contribution in [0.25, 0.3) is 0 Å². The van der Waals surface area contributed by atoms with Crippen LogP contribution in [0.4, 0.5) is 5.69 Å². The van der Waals surface area contributed by atoms with Gasteiger partial charge in [0, 0.05) is 10.2 Å². The summed E-state index contributed by atoms with van der Waals surface area (Å²) in [5.41, 5.74) is 7.86. The minimum atomic E-state index is -0.165. The van der Waals surface area contributed by atoms with Gasteiger partial charge in [0.1, 0.15) is 0 Å². The monoisotopic (exact) mass is 318 g/mol. The van der Waals surface area contributed by atoms with E-state index in [1.807, 2.05) is 37.3 Å². The third-order valence-corrected chi connectivity index (χ3v) is 3.40. The number of halogens is 1. The first-order chi connectivity index (χ1) is 9.08. The van der Waals surface area contributed by atoms with Crippen LogP contribution in [0.2, 0.25) is 0 Å². The Morgan fingerprint density at radius 1 is 1.21 bits per heavy atom. The van der Waals surface area contributed by atoms with Gasteiger partial charge in [-0.3, -0.25) is 4.79 Å². The second kappa shape index (κ2) is 5.89. The van der Waals surface area contributed by atoms with Crippen LogP contribution in [0.15, 0.2) is 53.0 Å². The van der Waals surface area contributed by atoms with Crippen LogP contribution in [-0.4, -0.2) is 5.91 Å². The number of nitrogens with two attached hydrogens (primary N) is 1. The highest BCUT2D eigenvalue weighted by Crippen LogP contribution is 2.20. The van der Waals surface area contributed by atoms with E-state index in [-0.39, 0.29) is 11.9 Å². The molecule has 0 saturated heterocycles. The van der Waals surface area contributed by atoms with E-state index in [0.29, 0.717) is 11.3 Å². The summed E-state index contributed by atoms with van der Waals surface area (Å²) in [6, 6.07) is 15.0. The standard InChI is InChI=1S/C15H15BrN2O/c1-10(11-5-3-2-4-6-11)18-15(19)13-8-7-12(16)9-14(13)17/h2-10H,17H2,1H3,(H,18,19). The van der Waals surface area contributed by atoms with Gasteiger partial charge in [-0.2, -0.15) is 0 Å². The van der Waals surface area contributed by atoms with Gasteiger partial charge < -0.3 is 11.1 Å². The number of nitrogens with one attached hydrogen (secondary N) is 1. The molecule has 0 heterocycles. The van der Waals surface area contributed by atoms with Crippen LogP contribution in [0, 0.1) is 0 Å². The minimum absolute atomic E-state index is 0.0586. The van der Waals surface area contributed by atoms with Crippen LogP contribution >= 0.6 is 15.9 Å². The molecule has 3 N–H and O–H groups in total. The first kappa shape index (κ1) is 13.6. The van der Waals surface area contributed by atoms with Crippen molar-refractivity contribution in [1.29, 1.82) is 0 Å². The SMILES string of the molecule is CC(NC(=O)c1ccc(Br)cc1N)c1ccccc1. The normalized spacial score (nSPS) is 11.9. The summed E-state index contributed by atoms with van der Waals surface area (Å²) in [6.45, 7) is 1.95. The Bertz CT molecular complexity index is 584. The van der Waals surface area contributed by atoms with Crippen molar-refractivity contribution in [3.05, 3.63) is 64.1 Å². The average molecular weight is 319 g/mol. The number of anilines is 1. The number of hydrogen-bond acceptors (Lipinski definition) is 2. The number of carbonyl (C=O) groups is 1. The lowest BCUT2D eigenvalue weighted by atomic mass is 10.1. The zero-order valence-electron chi connectivity index (χ0n) is 10.6. The topological polar surface area (TPSA) is 55.1 Å². The predicted molar refractivity (Wildman–Crippen MR) is 80.9 cm³/mol. The fourth-order valence-electron chi connectivity index (χ4n) is 1.84.